The molecule has 0 spiro atoms. The van der Waals surface area contributed by atoms with Gasteiger partial charge in [0.25, 0.3) is 5.56 Å². The van der Waals surface area contributed by atoms with E-state index >= 15 is 0 Å². The van der Waals surface area contributed by atoms with Crippen molar-refractivity contribution in [3.05, 3.63) is 50.7 Å². The molecular formula is C21H31N5O4. The fourth-order valence-corrected chi connectivity index (χ4v) is 3.06. The molecule has 0 saturated heterocycles. The molecule has 0 unspecified atom stereocenters. The summed E-state index contributed by atoms with van der Waals surface area (Å²) in [4.78, 5) is 40.7. The van der Waals surface area contributed by atoms with Gasteiger partial charge in [0.1, 0.15) is 23.9 Å². The molecule has 1 heterocycles. The van der Waals surface area contributed by atoms with Crippen molar-refractivity contribution in [2.75, 3.05) is 36.9 Å². The normalized spacial score (nSPS) is 10.6. The third kappa shape index (κ3) is 6.13. The van der Waals surface area contributed by atoms with Crippen LogP contribution in [0.5, 0.6) is 5.75 Å². The molecule has 2 rings (SSSR count). The number of rotatable bonds is 11. The molecule has 2 aromatic rings. The maximum absolute atomic E-state index is 12.4. The highest BCUT2D eigenvalue weighted by Gasteiger charge is 2.19. The third-order valence-electron chi connectivity index (χ3n) is 4.66. The summed E-state index contributed by atoms with van der Waals surface area (Å²) >= 11 is 0. The Morgan fingerprint density at radius 2 is 2.07 bits per heavy atom. The van der Waals surface area contributed by atoms with Gasteiger partial charge in [-0.15, -0.1) is 0 Å². The van der Waals surface area contributed by atoms with Crippen LogP contribution < -0.4 is 31.9 Å². The van der Waals surface area contributed by atoms with E-state index in [-0.39, 0.29) is 24.0 Å². The number of carbonyl (C=O) groups excluding carboxylic acids is 1. The van der Waals surface area contributed by atoms with Crippen molar-refractivity contribution in [3.63, 3.8) is 0 Å². The summed E-state index contributed by atoms with van der Waals surface area (Å²) in [5.41, 5.74) is 6.23. The molecule has 1 aromatic heterocycles. The summed E-state index contributed by atoms with van der Waals surface area (Å²) in [5, 5.41) is 2.77. The van der Waals surface area contributed by atoms with Crippen LogP contribution in [0.2, 0.25) is 0 Å². The van der Waals surface area contributed by atoms with Crippen molar-refractivity contribution in [2.24, 2.45) is 0 Å². The van der Waals surface area contributed by atoms with E-state index in [4.69, 9.17) is 10.5 Å². The number of aromatic amines is 1. The van der Waals surface area contributed by atoms with Gasteiger partial charge in [0.05, 0.1) is 13.1 Å². The van der Waals surface area contributed by atoms with E-state index in [2.05, 4.69) is 10.3 Å². The fourth-order valence-electron chi connectivity index (χ4n) is 3.06. The Morgan fingerprint density at radius 3 is 2.73 bits per heavy atom. The number of benzene rings is 1. The van der Waals surface area contributed by atoms with Crippen molar-refractivity contribution in [1.82, 2.24) is 14.9 Å². The summed E-state index contributed by atoms with van der Waals surface area (Å²) in [5.74, 6) is 0.553. The average molecular weight is 418 g/mol. The summed E-state index contributed by atoms with van der Waals surface area (Å²) < 4.78 is 6.96. The summed E-state index contributed by atoms with van der Waals surface area (Å²) in [6.45, 7) is 7.18. The van der Waals surface area contributed by atoms with Crippen LogP contribution in [0.25, 0.3) is 0 Å². The number of aromatic nitrogens is 2. The smallest absolute Gasteiger partial charge is 0.330 e. The molecule has 9 nitrogen and oxygen atoms in total. The van der Waals surface area contributed by atoms with Gasteiger partial charge in [0.15, 0.2) is 0 Å². The van der Waals surface area contributed by atoms with Gasteiger partial charge in [-0.2, -0.15) is 0 Å². The van der Waals surface area contributed by atoms with Crippen molar-refractivity contribution >= 4 is 17.4 Å². The minimum absolute atomic E-state index is 0.0554. The number of carbonyl (C=O) groups is 1. The summed E-state index contributed by atoms with van der Waals surface area (Å²) in [6.07, 6.45) is 1.63. The number of hydrogen-bond donors (Lipinski definition) is 3. The van der Waals surface area contributed by atoms with Crippen molar-refractivity contribution in [3.8, 4) is 5.75 Å². The van der Waals surface area contributed by atoms with E-state index in [9.17, 15) is 14.4 Å². The standard InChI is InChI=1S/C21H31N5O4/c1-4-6-11-26-19(22)18(20(28)24-21(26)29)25(5-2)14-17(27)23-10-12-30-16-9-7-8-15(3)13-16/h7-9,13H,4-6,10-12,14,22H2,1-3H3,(H,23,27)(H,24,28,29). The predicted molar refractivity (Wildman–Crippen MR) is 118 cm³/mol. The first-order chi connectivity index (χ1) is 14.4. The largest absolute Gasteiger partial charge is 0.492 e. The molecule has 0 aliphatic carbocycles. The number of nitrogens with two attached hydrogens (primary N) is 1. The molecule has 164 valence electrons. The van der Waals surface area contributed by atoms with Gasteiger partial charge in [-0.1, -0.05) is 25.5 Å². The molecule has 0 radical (unpaired) electrons. The van der Waals surface area contributed by atoms with Crippen LogP contribution in [0.15, 0.2) is 33.9 Å². The van der Waals surface area contributed by atoms with E-state index in [1.54, 1.807) is 4.90 Å². The van der Waals surface area contributed by atoms with Gasteiger partial charge in [-0.05, 0) is 38.0 Å². The number of nitrogens with zero attached hydrogens (tertiary/aromatic N) is 2. The lowest BCUT2D eigenvalue weighted by molar-refractivity contribution is -0.119. The molecule has 0 fully saturated rings. The van der Waals surface area contributed by atoms with E-state index < -0.39 is 11.2 Å². The van der Waals surface area contributed by atoms with E-state index in [0.717, 1.165) is 24.2 Å². The fraction of sp³-hybridized carbons (Fsp3) is 0.476. The van der Waals surface area contributed by atoms with Crippen LogP contribution in [0, 0.1) is 6.92 Å². The lowest BCUT2D eigenvalue weighted by Gasteiger charge is -2.24. The first-order valence-electron chi connectivity index (χ1n) is 10.2. The van der Waals surface area contributed by atoms with Crippen LogP contribution in [0.1, 0.15) is 32.3 Å². The first-order valence-corrected chi connectivity index (χ1v) is 10.2. The Morgan fingerprint density at radius 1 is 1.30 bits per heavy atom. The lowest BCUT2D eigenvalue weighted by Crippen LogP contribution is -2.43. The number of amides is 1. The van der Waals surface area contributed by atoms with Gasteiger partial charge in [-0.25, -0.2) is 4.79 Å². The number of nitrogens with one attached hydrogen (secondary N) is 2. The van der Waals surface area contributed by atoms with Gasteiger partial charge in [-0.3, -0.25) is 19.1 Å². The van der Waals surface area contributed by atoms with Gasteiger partial charge in [0, 0.05) is 13.1 Å². The third-order valence-corrected chi connectivity index (χ3v) is 4.66. The Hall–Kier alpha value is -3.23. The van der Waals surface area contributed by atoms with Gasteiger partial charge < -0.3 is 20.7 Å². The van der Waals surface area contributed by atoms with Crippen LogP contribution in [0.3, 0.4) is 0 Å². The molecule has 0 bridgehead atoms. The topological polar surface area (TPSA) is 122 Å². The number of anilines is 2. The number of aryl methyl sites for hydroxylation is 1. The maximum atomic E-state index is 12.4. The highest BCUT2D eigenvalue weighted by molar-refractivity contribution is 5.82. The molecule has 9 heteroatoms. The Labute approximate surface area is 175 Å². The predicted octanol–water partition coefficient (Wildman–Crippen LogP) is 1.25. The molecule has 1 aromatic carbocycles. The second-order valence-corrected chi connectivity index (χ2v) is 7.03. The number of H-pyrrole nitrogens is 1. The minimum atomic E-state index is -0.595. The van der Waals surface area contributed by atoms with Crippen molar-refractivity contribution in [1.29, 1.82) is 0 Å². The van der Waals surface area contributed by atoms with Crippen LogP contribution in [0.4, 0.5) is 11.5 Å². The maximum Gasteiger partial charge on any atom is 0.330 e. The lowest BCUT2D eigenvalue weighted by atomic mass is 10.2. The Bertz CT molecular complexity index is 967. The quantitative estimate of drug-likeness (QED) is 0.473. The van der Waals surface area contributed by atoms with E-state index in [1.165, 1.54) is 4.57 Å². The minimum Gasteiger partial charge on any atom is -0.492 e. The average Bonchev–Trinajstić information content (AvgIpc) is 2.70. The monoisotopic (exact) mass is 417 g/mol. The van der Waals surface area contributed by atoms with E-state index in [0.29, 0.717) is 26.2 Å². The second-order valence-electron chi connectivity index (χ2n) is 7.03. The van der Waals surface area contributed by atoms with Crippen molar-refractivity contribution < 1.29 is 9.53 Å². The zero-order valence-electron chi connectivity index (χ0n) is 17.9. The van der Waals surface area contributed by atoms with Crippen LogP contribution >= 0.6 is 0 Å². The number of unbranched alkanes of at least 4 members (excludes halogenated alkanes) is 1. The SMILES string of the molecule is CCCCn1c(N)c(N(CC)CC(=O)NCCOc2cccc(C)c2)c(=O)[nH]c1=O. The van der Waals surface area contributed by atoms with Crippen LogP contribution in [-0.4, -0.2) is 41.7 Å². The molecular weight excluding hydrogens is 386 g/mol. The molecule has 0 saturated carbocycles. The first kappa shape index (κ1) is 23.1. The molecule has 0 aliphatic rings. The zero-order valence-corrected chi connectivity index (χ0v) is 17.9. The number of hydrogen-bond acceptors (Lipinski definition) is 6. The van der Waals surface area contributed by atoms with Crippen molar-refractivity contribution in [2.45, 2.75) is 40.2 Å². The Kier molecular flexibility index (Phi) is 8.52. The highest BCUT2D eigenvalue weighted by atomic mass is 16.5. The summed E-state index contributed by atoms with van der Waals surface area (Å²) in [6, 6.07) is 7.66. The number of nitrogen functional groups attached to an aromatic ring is 1. The molecule has 0 aliphatic heterocycles. The van der Waals surface area contributed by atoms with Gasteiger partial charge in [0.2, 0.25) is 5.91 Å². The van der Waals surface area contributed by atoms with Crippen LogP contribution in [-0.2, 0) is 11.3 Å². The molecule has 4 N–H and O–H groups in total. The zero-order chi connectivity index (χ0) is 22.1. The molecule has 30 heavy (non-hydrogen) atoms. The highest BCUT2D eigenvalue weighted by Crippen LogP contribution is 2.16. The molecule has 1 amide bonds. The second kappa shape index (κ2) is 11.1. The number of likely N-dealkylation sites (N-methyl/N-ethyl adjacent to an activating group) is 1. The molecule has 0 atom stereocenters. The van der Waals surface area contributed by atoms with Gasteiger partial charge >= 0.3 is 5.69 Å². The van der Waals surface area contributed by atoms with E-state index in [1.807, 2.05) is 45.0 Å². The Balaban J connectivity index is 1.99. The number of ether oxygens (including phenoxy) is 1. The summed E-state index contributed by atoms with van der Waals surface area (Å²) in [7, 11) is 0.